The number of sulfonamides is 1. The molecule has 0 saturated heterocycles. The zero-order valence-electron chi connectivity index (χ0n) is 16.5. The topological polar surface area (TPSA) is 87.7 Å². The monoisotopic (exact) mass is 464 g/mol. The van der Waals surface area contributed by atoms with Gasteiger partial charge in [0.1, 0.15) is 17.4 Å². The normalized spacial score (nSPS) is 13.4. The molecule has 11 heteroatoms. The van der Waals surface area contributed by atoms with Gasteiger partial charge in [0.2, 0.25) is 10.0 Å². The number of H-pyrrole nitrogens is 1. The molecule has 2 N–H and O–H groups in total. The third-order valence-electron chi connectivity index (χ3n) is 4.82. The third-order valence-corrected chi connectivity index (χ3v) is 6.42. The molecule has 4 aromatic rings. The molecule has 6 nitrogen and oxygen atoms in total. The number of halogens is 4. The Bertz CT molecular complexity index is 1400. The fourth-order valence-corrected chi connectivity index (χ4v) is 4.61. The highest BCUT2D eigenvalue weighted by Gasteiger charge is 2.39. The van der Waals surface area contributed by atoms with Crippen molar-refractivity contribution < 1.29 is 26.0 Å². The Morgan fingerprint density at radius 1 is 1.06 bits per heavy atom. The first-order valence-electron chi connectivity index (χ1n) is 9.35. The van der Waals surface area contributed by atoms with Crippen molar-refractivity contribution in [3.05, 3.63) is 66.7 Å². The molecule has 1 atom stereocenters. The van der Waals surface area contributed by atoms with E-state index in [1.807, 2.05) is 0 Å². The van der Waals surface area contributed by atoms with Crippen LogP contribution in [-0.2, 0) is 10.0 Å². The molecular formula is C21H16F4N4O2S. The molecule has 1 unspecified atom stereocenters. The Balaban J connectivity index is 1.73. The average Bonchev–Trinajstić information content (AvgIpc) is 3.20. The van der Waals surface area contributed by atoms with E-state index in [1.165, 1.54) is 36.5 Å². The number of aromatic amines is 1. The summed E-state index contributed by atoms with van der Waals surface area (Å²) in [7, 11) is -4.53. The lowest BCUT2D eigenvalue weighted by molar-refractivity contribution is -0.147. The van der Waals surface area contributed by atoms with Gasteiger partial charge in [-0.3, -0.25) is 0 Å². The van der Waals surface area contributed by atoms with Gasteiger partial charge >= 0.3 is 6.18 Å². The predicted octanol–water partition coefficient (Wildman–Crippen LogP) is 4.66. The van der Waals surface area contributed by atoms with Gasteiger partial charge in [-0.2, -0.15) is 17.9 Å². The van der Waals surface area contributed by atoms with Gasteiger partial charge in [0.05, 0.1) is 16.8 Å². The van der Waals surface area contributed by atoms with Crippen LogP contribution in [0.2, 0.25) is 0 Å². The molecule has 32 heavy (non-hydrogen) atoms. The lowest BCUT2D eigenvalue weighted by atomic mass is 10.0. The van der Waals surface area contributed by atoms with E-state index in [0.717, 1.165) is 12.1 Å². The quantitative estimate of drug-likeness (QED) is 0.421. The Morgan fingerprint density at radius 3 is 2.53 bits per heavy atom. The summed E-state index contributed by atoms with van der Waals surface area (Å²) < 4.78 is 80.4. The summed E-state index contributed by atoms with van der Waals surface area (Å²) in [4.78, 5) is 11.0. The second kappa shape index (κ2) is 7.99. The highest BCUT2D eigenvalue weighted by molar-refractivity contribution is 7.89. The highest BCUT2D eigenvalue weighted by atomic mass is 32.2. The van der Waals surface area contributed by atoms with Crippen LogP contribution < -0.4 is 4.72 Å². The van der Waals surface area contributed by atoms with Gasteiger partial charge in [0, 0.05) is 17.3 Å². The number of alkyl halides is 3. The minimum absolute atomic E-state index is 0.0620. The maximum atomic E-state index is 15.0. The molecule has 0 amide bonds. The molecular weight excluding hydrogens is 448 g/mol. The second-order valence-electron chi connectivity index (χ2n) is 7.04. The molecule has 0 fully saturated rings. The zero-order chi connectivity index (χ0) is 23.1. The van der Waals surface area contributed by atoms with Gasteiger partial charge in [-0.05, 0) is 36.8 Å². The summed E-state index contributed by atoms with van der Waals surface area (Å²) in [6.45, 7) is 0.705. The number of nitrogens with zero attached hydrogens (tertiary/aromatic N) is 2. The van der Waals surface area contributed by atoms with Crippen molar-refractivity contribution in [1.82, 2.24) is 19.7 Å². The summed E-state index contributed by atoms with van der Waals surface area (Å²) in [5, 5.41) is 0. The van der Waals surface area contributed by atoms with Crippen LogP contribution in [0.15, 0.2) is 65.8 Å². The van der Waals surface area contributed by atoms with E-state index >= 15 is 0 Å². The first-order chi connectivity index (χ1) is 15.1. The van der Waals surface area contributed by atoms with E-state index in [2.05, 4.69) is 15.0 Å². The Morgan fingerprint density at radius 2 is 1.81 bits per heavy atom. The van der Waals surface area contributed by atoms with Crippen LogP contribution >= 0.6 is 0 Å². The van der Waals surface area contributed by atoms with Crippen molar-refractivity contribution in [3.63, 3.8) is 0 Å². The van der Waals surface area contributed by atoms with E-state index in [-0.39, 0.29) is 22.4 Å². The van der Waals surface area contributed by atoms with E-state index in [1.54, 1.807) is 17.0 Å². The number of benzene rings is 2. The summed E-state index contributed by atoms with van der Waals surface area (Å²) in [5.74, 6) is -0.685. The Kier molecular flexibility index (Phi) is 5.47. The Hall–Kier alpha value is -3.31. The molecule has 4 rings (SSSR count). The minimum atomic E-state index is -4.75. The van der Waals surface area contributed by atoms with Crippen molar-refractivity contribution >= 4 is 21.2 Å². The standard InChI is InChI=1S/C21H16F4N4O2S/c1-12(21(23,24)25)29-32(30,31)19-5-3-2-4-14(19)13-6-7-15(16(22)10-13)18-11-27-20-17(28-18)8-9-26-20/h2-12,29H,1H3,(H,26,27). The minimum Gasteiger partial charge on any atom is -0.345 e. The van der Waals surface area contributed by atoms with Gasteiger partial charge < -0.3 is 4.98 Å². The van der Waals surface area contributed by atoms with Crippen LogP contribution in [0.5, 0.6) is 0 Å². The summed E-state index contributed by atoms with van der Waals surface area (Å²) in [6, 6.07) is 8.85. The number of hydrogen-bond acceptors (Lipinski definition) is 4. The van der Waals surface area contributed by atoms with Gasteiger partial charge in [-0.1, -0.05) is 24.3 Å². The molecule has 0 spiro atoms. The number of fused-ring (bicyclic) bond motifs is 1. The lowest BCUT2D eigenvalue weighted by Crippen LogP contribution is -2.43. The number of nitrogens with one attached hydrogen (secondary N) is 2. The van der Waals surface area contributed by atoms with Crippen molar-refractivity contribution in [2.24, 2.45) is 0 Å². The molecule has 0 aliphatic carbocycles. The van der Waals surface area contributed by atoms with Crippen molar-refractivity contribution in [3.8, 4) is 22.4 Å². The molecule has 166 valence electrons. The van der Waals surface area contributed by atoms with E-state index < -0.39 is 33.0 Å². The van der Waals surface area contributed by atoms with Gasteiger partial charge in [0.15, 0.2) is 5.65 Å². The maximum Gasteiger partial charge on any atom is 0.404 e. The molecule has 0 radical (unpaired) electrons. The van der Waals surface area contributed by atoms with Crippen LogP contribution in [0.1, 0.15) is 6.92 Å². The van der Waals surface area contributed by atoms with Gasteiger partial charge in [-0.15, -0.1) is 0 Å². The van der Waals surface area contributed by atoms with E-state index in [4.69, 9.17) is 0 Å². The second-order valence-corrected chi connectivity index (χ2v) is 8.72. The lowest BCUT2D eigenvalue weighted by Gasteiger charge is -2.19. The molecule has 0 saturated carbocycles. The number of rotatable bonds is 5. The molecule has 0 bridgehead atoms. The fraction of sp³-hybridized carbons (Fsp3) is 0.143. The first-order valence-corrected chi connectivity index (χ1v) is 10.8. The SMILES string of the molecule is CC(NS(=O)(=O)c1ccccc1-c1ccc(-c2cnc3[nH]ccc3n2)c(F)c1)C(F)(F)F. The molecule has 2 heterocycles. The smallest absolute Gasteiger partial charge is 0.345 e. The summed E-state index contributed by atoms with van der Waals surface area (Å²) in [6.07, 6.45) is -1.70. The van der Waals surface area contributed by atoms with E-state index in [9.17, 15) is 26.0 Å². The van der Waals surface area contributed by atoms with Crippen LogP contribution in [0.25, 0.3) is 33.5 Å². The molecule has 0 aliphatic heterocycles. The summed E-state index contributed by atoms with van der Waals surface area (Å²) >= 11 is 0. The third kappa shape index (κ3) is 4.21. The Labute approximate surface area is 180 Å². The van der Waals surface area contributed by atoms with E-state index in [0.29, 0.717) is 18.1 Å². The van der Waals surface area contributed by atoms with Crippen LogP contribution in [0.3, 0.4) is 0 Å². The molecule has 2 aromatic carbocycles. The van der Waals surface area contributed by atoms with Crippen LogP contribution in [0, 0.1) is 5.82 Å². The van der Waals surface area contributed by atoms with Crippen LogP contribution in [-0.4, -0.2) is 35.6 Å². The number of aromatic nitrogens is 3. The molecule has 2 aromatic heterocycles. The zero-order valence-corrected chi connectivity index (χ0v) is 17.3. The predicted molar refractivity (Wildman–Crippen MR) is 111 cm³/mol. The highest BCUT2D eigenvalue weighted by Crippen LogP contribution is 2.32. The molecule has 0 aliphatic rings. The van der Waals surface area contributed by atoms with Crippen molar-refractivity contribution in [2.45, 2.75) is 24.0 Å². The van der Waals surface area contributed by atoms with Crippen molar-refractivity contribution in [1.29, 1.82) is 0 Å². The van der Waals surface area contributed by atoms with Gasteiger partial charge in [-0.25, -0.2) is 22.8 Å². The largest absolute Gasteiger partial charge is 0.404 e. The van der Waals surface area contributed by atoms with Crippen LogP contribution in [0.4, 0.5) is 17.6 Å². The fourth-order valence-electron chi connectivity index (χ4n) is 3.15. The van der Waals surface area contributed by atoms with Crippen molar-refractivity contribution in [2.75, 3.05) is 0 Å². The summed E-state index contributed by atoms with van der Waals surface area (Å²) in [5.41, 5.74) is 1.77. The number of hydrogen-bond donors (Lipinski definition) is 2. The maximum absolute atomic E-state index is 15.0. The van der Waals surface area contributed by atoms with Gasteiger partial charge in [0.25, 0.3) is 0 Å². The first kappa shape index (κ1) is 21.9. The average molecular weight is 464 g/mol.